The Morgan fingerprint density at radius 1 is 0.929 bits per heavy atom. The first-order valence-corrected chi connectivity index (χ1v) is 9.35. The first-order valence-electron chi connectivity index (χ1n) is 9.35. The van der Waals surface area contributed by atoms with Gasteiger partial charge in [0.05, 0.1) is 6.04 Å². The molecule has 3 aromatic carbocycles. The van der Waals surface area contributed by atoms with E-state index in [4.69, 9.17) is 0 Å². The number of carbonyl (C=O) groups is 1. The van der Waals surface area contributed by atoms with Crippen LogP contribution in [-0.4, -0.2) is 17.3 Å². The van der Waals surface area contributed by atoms with Crippen LogP contribution in [0.4, 0.5) is 4.39 Å². The fraction of sp³-hybridized carbons (Fsp3) is 0.125. The molecule has 0 aliphatic carbocycles. The number of aromatic amines is 1. The highest BCUT2D eigenvalue weighted by Gasteiger charge is 2.23. The van der Waals surface area contributed by atoms with Crippen LogP contribution < -0.4 is 5.32 Å². The molecule has 4 rings (SSSR count). The van der Waals surface area contributed by atoms with E-state index < -0.39 is 6.04 Å². The monoisotopic (exact) mass is 372 g/mol. The summed E-state index contributed by atoms with van der Waals surface area (Å²) in [5, 5.41) is 4.32. The van der Waals surface area contributed by atoms with Crippen LogP contribution in [0.2, 0.25) is 0 Å². The minimum atomic E-state index is -0.444. The number of carbonyl (C=O) groups excluding carboxylic acids is 1. The molecule has 0 spiro atoms. The van der Waals surface area contributed by atoms with Gasteiger partial charge in [-0.15, -0.1) is 0 Å². The second-order valence-corrected chi connectivity index (χ2v) is 6.79. The fourth-order valence-corrected chi connectivity index (χ4v) is 3.45. The Balaban J connectivity index is 1.57. The summed E-state index contributed by atoms with van der Waals surface area (Å²) in [6.45, 7) is 0.610. The molecule has 0 fully saturated rings. The highest BCUT2D eigenvalue weighted by atomic mass is 19.1. The second kappa shape index (κ2) is 8.19. The van der Waals surface area contributed by atoms with E-state index in [9.17, 15) is 9.18 Å². The zero-order valence-corrected chi connectivity index (χ0v) is 15.4. The molecule has 28 heavy (non-hydrogen) atoms. The first-order chi connectivity index (χ1) is 13.7. The number of fused-ring (bicyclic) bond motifs is 1. The van der Waals surface area contributed by atoms with Crippen molar-refractivity contribution in [3.63, 3.8) is 0 Å². The molecule has 1 atom stereocenters. The maximum Gasteiger partial charge on any atom is 0.186 e. The molecule has 1 aromatic heterocycles. The van der Waals surface area contributed by atoms with Crippen LogP contribution in [0.5, 0.6) is 0 Å². The lowest BCUT2D eigenvalue weighted by Gasteiger charge is -2.18. The minimum Gasteiger partial charge on any atom is -0.360 e. The highest BCUT2D eigenvalue weighted by molar-refractivity contribution is 6.10. The molecule has 0 amide bonds. The van der Waals surface area contributed by atoms with E-state index in [-0.39, 0.29) is 11.6 Å². The highest BCUT2D eigenvalue weighted by Crippen LogP contribution is 2.24. The van der Waals surface area contributed by atoms with Crippen LogP contribution in [0.1, 0.15) is 27.5 Å². The summed E-state index contributed by atoms with van der Waals surface area (Å²) >= 11 is 0. The molecule has 2 N–H and O–H groups in total. The molecular formula is C24H21FN2O. The number of nitrogens with one attached hydrogen (secondary N) is 2. The zero-order chi connectivity index (χ0) is 19.3. The van der Waals surface area contributed by atoms with Gasteiger partial charge in [0, 0.05) is 29.2 Å². The molecule has 0 saturated carbocycles. The van der Waals surface area contributed by atoms with E-state index in [1.165, 1.54) is 12.1 Å². The largest absolute Gasteiger partial charge is 0.360 e. The summed E-state index contributed by atoms with van der Waals surface area (Å²) in [5.41, 5.74) is 3.58. The Hall–Kier alpha value is -3.24. The van der Waals surface area contributed by atoms with Crippen LogP contribution in [0.25, 0.3) is 10.9 Å². The van der Waals surface area contributed by atoms with Crippen LogP contribution in [0.3, 0.4) is 0 Å². The van der Waals surface area contributed by atoms with E-state index in [0.717, 1.165) is 22.0 Å². The number of ketones is 1. The predicted octanol–water partition coefficient (Wildman–Crippen LogP) is 5.06. The third-order valence-corrected chi connectivity index (χ3v) is 4.93. The van der Waals surface area contributed by atoms with Gasteiger partial charge in [-0.05, 0) is 35.7 Å². The lowest BCUT2D eigenvalue weighted by Crippen LogP contribution is -2.30. The molecule has 4 heteroatoms. The lowest BCUT2D eigenvalue weighted by molar-refractivity contribution is 0.0945. The number of Topliss-reactive ketones (excluding diaryl/α,β-unsaturated/α-hetero) is 1. The van der Waals surface area contributed by atoms with Crippen LogP contribution in [0.15, 0.2) is 85.1 Å². The number of halogens is 1. The van der Waals surface area contributed by atoms with Crippen molar-refractivity contribution >= 4 is 16.7 Å². The minimum absolute atomic E-state index is 0.0303. The van der Waals surface area contributed by atoms with Crippen molar-refractivity contribution in [1.29, 1.82) is 0 Å². The zero-order valence-electron chi connectivity index (χ0n) is 15.4. The normalized spacial score (nSPS) is 12.2. The fourth-order valence-electron chi connectivity index (χ4n) is 3.45. The van der Waals surface area contributed by atoms with E-state index in [1.54, 1.807) is 18.3 Å². The van der Waals surface area contributed by atoms with Gasteiger partial charge in [0.1, 0.15) is 5.82 Å². The molecule has 0 radical (unpaired) electrons. The smallest absolute Gasteiger partial charge is 0.186 e. The molecule has 3 nitrogen and oxygen atoms in total. The van der Waals surface area contributed by atoms with Crippen molar-refractivity contribution < 1.29 is 9.18 Å². The van der Waals surface area contributed by atoms with E-state index >= 15 is 0 Å². The Kier molecular flexibility index (Phi) is 5.31. The molecule has 140 valence electrons. The van der Waals surface area contributed by atoms with Crippen molar-refractivity contribution in [2.45, 2.75) is 12.5 Å². The SMILES string of the molecule is O=C(c1c[nH]c2ccccc12)[C@@H](NCCc1ccc(F)cc1)c1ccccc1. The standard InChI is InChI=1S/C24H21FN2O/c25-19-12-10-17(11-13-19)14-15-26-23(18-6-2-1-3-7-18)24(28)21-16-27-22-9-5-4-8-20(21)22/h1-13,16,23,26-27H,14-15H2/t23-/m0/s1. The number of benzene rings is 3. The summed E-state index contributed by atoms with van der Waals surface area (Å²) in [7, 11) is 0. The Morgan fingerprint density at radius 3 is 2.43 bits per heavy atom. The van der Waals surface area contributed by atoms with Gasteiger partial charge in [0.25, 0.3) is 0 Å². The quantitative estimate of drug-likeness (QED) is 0.445. The summed E-state index contributed by atoms with van der Waals surface area (Å²) in [5.74, 6) is -0.212. The van der Waals surface area contributed by atoms with Crippen molar-refractivity contribution in [1.82, 2.24) is 10.3 Å². The number of H-pyrrole nitrogens is 1. The van der Waals surface area contributed by atoms with Crippen molar-refractivity contribution in [2.75, 3.05) is 6.54 Å². The van der Waals surface area contributed by atoms with Crippen molar-refractivity contribution in [2.24, 2.45) is 0 Å². The average molecular weight is 372 g/mol. The van der Waals surface area contributed by atoms with Crippen molar-refractivity contribution in [3.05, 3.63) is 108 Å². The molecular weight excluding hydrogens is 351 g/mol. The van der Waals surface area contributed by atoms with Crippen LogP contribution in [0, 0.1) is 5.82 Å². The lowest BCUT2D eigenvalue weighted by atomic mass is 9.96. The van der Waals surface area contributed by atoms with Gasteiger partial charge < -0.3 is 10.3 Å². The van der Waals surface area contributed by atoms with E-state index in [2.05, 4.69) is 10.3 Å². The van der Waals surface area contributed by atoms with Crippen LogP contribution in [-0.2, 0) is 6.42 Å². The first kappa shape index (κ1) is 18.1. The molecule has 0 aliphatic heterocycles. The number of hydrogen-bond acceptors (Lipinski definition) is 2. The average Bonchev–Trinajstić information content (AvgIpc) is 3.17. The third kappa shape index (κ3) is 3.87. The number of para-hydroxylation sites is 1. The van der Waals surface area contributed by atoms with Gasteiger partial charge in [0.15, 0.2) is 5.78 Å². The summed E-state index contributed by atoms with van der Waals surface area (Å²) in [4.78, 5) is 16.6. The topological polar surface area (TPSA) is 44.9 Å². The number of hydrogen-bond donors (Lipinski definition) is 2. The molecule has 0 unspecified atom stereocenters. The van der Waals surface area contributed by atoms with Gasteiger partial charge in [-0.2, -0.15) is 0 Å². The summed E-state index contributed by atoms with van der Waals surface area (Å²) in [6.07, 6.45) is 2.50. The van der Waals surface area contributed by atoms with E-state index in [0.29, 0.717) is 18.5 Å². The molecule has 4 aromatic rings. The number of rotatable bonds is 7. The van der Waals surface area contributed by atoms with Gasteiger partial charge in [-0.1, -0.05) is 60.7 Å². The van der Waals surface area contributed by atoms with Crippen LogP contribution >= 0.6 is 0 Å². The Morgan fingerprint density at radius 2 is 1.64 bits per heavy atom. The third-order valence-electron chi connectivity index (χ3n) is 4.93. The molecule has 0 bridgehead atoms. The summed E-state index contributed by atoms with van der Waals surface area (Å²) in [6, 6.07) is 23.6. The number of aromatic nitrogens is 1. The van der Waals surface area contributed by atoms with Gasteiger partial charge >= 0.3 is 0 Å². The predicted molar refractivity (Wildman–Crippen MR) is 110 cm³/mol. The molecule has 0 aliphatic rings. The Bertz CT molecular complexity index is 1070. The van der Waals surface area contributed by atoms with E-state index in [1.807, 2.05) is 54.6 Å². The van der Waals surface area contributed by atoms with Crippen molar-refractivity contribution in [3.8, 4) is 0 Å². The molecule has 0 saturated heterocycles. The molecule has 1 heterocycles. The van der Waals surface area contributed by atoms with Gasteiger partial charge in [0.2, 0.25) is 0 Å². The van der Waals surface area contributed by atoms with Gasteiger partial charge in [-0.25, -0.2) is 4.39 Å². The van der Waals surface area contributed by atoms with Gasteiger partial charge in [-0.3, -0.25) is 4.79 Å². The maximum absolute atomic E-state index is 13.4. The second-order valence-electron chi connectivity index (χ2n) is 6.79. The Labute approximate surface area is 163 Å². The summed E-state index contributed by atoms with van der Waals surface area (Å²) < 4.78 is 13.1. The maximum atomic E-state index is 13.4.